The van der Waals surface area contributed by atoms with E-state index < -0.39 is 0 Å². The highest BCUT2D eigenvalue weighted by molar-refractivity contribution is 9.10. The molecular weight excluding hydrogens is 443 g/mol. The van der Waals surface area contributed by atoms with E-state index in [1.54, 1.807) is 26.1 Å². The van der Waals surface area contributed by atoms with Crippen molar-refractivity contribution in [1.82, 2.24) is 14.9 Å². The molecule has 0 unspecified atom stereocenters. The number of benzene rings is 1. The molecule has 0 saturated carbocycles. The van der Waals surface area contributed by atoms with Crippen molar-refractivity contribution in [3.05, 3.63) is 55.7 Å². The molecule has 0 bridgehead atoms. The van der Waals surface area contributed by atoms with E-state index in [0.717, 1.165) is 4.47 Å². The molecule has 2 aromatic rings. The molecule has 1 aromatic heterocycles. The minimum Gasteiger partial charge on any atom is -0.378 e. The first-order valence-corrected chi connectivity index (χ1v) is 10.2. The van der Waals surface area contributed by atoms with Gasteiger partial charge in [-0.1, -0.05) is 15.9 Å². The molecule has 2 heterocycles. The van der Waals surface area contributed by atoms with Crippen molar-refractivity contribution in [2.45, 2.75) is 26.3 Å². The molecule has 7 nitrogen and oxygen atoms in total. The second kappa shape index (κ2) is 9.49. The Morgan fingerprint density at radius 2 is 2.10 bits per heavy atom. The first kappa shape index (κ1) is 21.4. The van der Waals surface area contributed by atoms with Gasteiger partial charge in [0.25, 0.3) is 5.56 Å². The monoisotopic (exact) mass is 466 g/mol. The summed E-state index contributed by atoms with van der Waals surface area (Å²) in [6.45, 7) is 4.50. The highest BCUT2D eigenvalue weighted by Gasteiger charge is 2.18. The number of aryl methyl sites for hydroxylation is 1. The predicted octanol–water partition coefficient (Wildman–Crippen LogP) is 2.41. The zero-order chi connectivity index (χ0) is 21.0. The van der Waals surface area contributed by atoms with E-state index in [4.69, 9.17) is 4.74 Å². The average molecular weight is 467 g/mol. The maximum atomic E-state index is 13.9. The number of hydrogen-bond donors (Lipinski definition) is 1. The number of aromatic nitrogens is 2. The minimum atomic E-state index is -0.358. The van der Waals surface area contributed by atoms with Gasteiger partial charge in [0.15, 0.2) is 0 Å². The van der Waals surface area contributed by atoms with Crippen molar-refractivity contribution in [2.24, 2.45) is 0 Å². The maximum Gasteiger partial charge on any atom is 0.255 e. The second-order valence-electron chi connectivity index (χ2n) is 7.04. The SMILES string of the molecule is Cc1nc(N2CCOCC2)[nH]c(=O)c1CCC(=O)N(C)Cc1cc(Br)ccc1F. The number of rotatable bonds is 6. The number of halogens is 2. The van der Waals surface area contributed by atoms with Crippen LogP contribution in [0.1, 0.15) is 23.2 Å². The Balaban J connectivity index is 1.63. The molecule has 0 aliphatic carbocycles. The summed E-state index contributed by atoms with van der Waals surface area (Å²) >= 11 is 3.31. The van der Waals surface area contributed by atoms with Crippen LogP contribution in [0.4, 0.5) is 10.3 Å². The van der Waals surface area contributed by atoms with E-state index in [-0.39, 0.29) is 36.7 Å². The van der Waals surface area contributed by atoms with Gasteiger partial charge in [-0.25, -0.2) is 9.37 Å². The van der Waals surface area contributed by atoms with Gasteiger partial charge in [-0.05, 0) is 31.5 Å². The van der Waals surface area contributed by atoms with Crippen molar-refractivity contribution >= 4 is 27.8 Å². The number of H-pyrrole nitrogens is 1. The molecule has 156 valence electrons. The molecule has 9 heteroatoms. The molecule has 1 N–H and O–H groups in total. The number of carbonyl (C=O) groups excluding carboxylic acids is 1. The Hall–Kier alpha value is -2.26. The van der Waals surface area contributed by atoms with Gasteiger partial charge in [0.2, 0.25) is 11.9 Å². The van der Waals surface area contributed by atoms with Crippen LogP contribution in [0.15, 0.2) is 27.5 Å². The van der Waals surface area contributed by atoms with Crippen molar-refractivity contribution in [1.29, 1.82) is 0 Å². The van der Waals surface area contributed by atoms with Gasteiger partial charge in [-0.3, -0.25) is 14.6 Å². The van der Waals surface area contributed by atoms with E-state index in [9.17, 15) is 14.0 Å². The molecule has 3 rings (SSSR count). The molecule has 0 atom stereocenters. The van der Waals surface area contributed by atoms with Gasteiger partial charge in [0.05, 0.1) is 13.2 Å². The molecular formula is C20H24BrFN4O3. The second-order valence-corrected chi connectivity index (χ2v) is 7.95. The minimum absolute atomic E-state index is 0.147. The fourth-order valence-electron chi connectivity index (χ4n) is 3.25. The molecule has 0 spiro atoms. The Morgan fingerprint density at radius 1 is 1.38 bits per heavy atom. The fraction of sp³-hybridized carbons (Fsp3) is 0.450. The molecule has 1 amide bonds. The lowest BCUT2D eigenvalue weighted by Gasteiger charge is -2.27. The third kappa shape index (κ3) is 5.42. The zero-order valence-corrected chi connectivity index (χ0v) is 18.1. The van der Waals surface area contributed by atoms with Gasteiger partial charge in [0, 0.05) is 54.4 Å². The summed E-state index contributed by atoms with van der Waals surface area (Å²) in [4.78, 5) is 35.8. The van der Waals surface area contributed by atoms with Crippen LogP contribution in [0, 0.1) is 12.7 Å². The van der Waals surface area contributed by atoms with E-state index in [2.05, 4.69) is 25.9 Å². The average Bonchev–Trinajstić information content (AvgIpc) is 2.70. The highest BCUT2D eigenvalue weighted by Crippen LogP contribution is 2.17. The quantitative estimate of drug-likeness (QED) is 0.706. The standard InChI is InChI=1S/C20H24BrFN4O3/c1-13-16(19(28)24-20(23-13)26-7-9-29-10-8-26)4-6-18(27)25(2)12-14-11-15(21)3-5-17(14)22/h3,5,11H,4,6-10,12H2,1-2H3,(H,23,24,28). The maximum absolute atomic E-state index is 13.9. The Labute approximate surface area is 177 Å². The Morgan fingerprint density at radius 3 is 2.79 bits per heavy atom. The summed E-state index contributed by atoms with van der Waals surface area (Å²) in [6.07, 6.45) is 0.427. The van der Waals surface area contributed by atoms with E-state index in [1.807, 2.05) is 4.90 Å². The lowest BCUT2D eigenvalue weighted by molar-refractivity contribution is -0.130. The number of amides is 1. The van der Waals surface area contributed by atoms with Crippen molar-refractivity contribution in [3.8, 4) is 0 Å². The van der Waals surface area contributed by atoms with Gasteiger partial charge >= 0.3 is 0 Å². The van der Waals surface area contributed by atoms with Crippen LogP contribution >= 0.6 is 15.9 Å². The molecule has 1 aliphatic rings. The van der Waals surface area contributed by atoms with Crippen LogP contribution < -0.4 is 10.5 Å². The number of anilines is 1. The zero-order valence-electron chi connectivity index (χ0n) is 16.5. The smallest absolute Gasteiger partial charge is 0.255 e. The van der Waals surface area contributed by atoms with E-state index >= 15 is 0 Å². The summed E-state index contributed by atoms with van der Waals surface area (Å²) in [5.41, 5.74) is 1.31. The van der Waals surface area contributed by atoms with Crippen LogP contribution in [0.3, 0.4) is 0 Å². The summed E-state index contributed by atoms with van der Waals surface area (Å²) in [5, 5.41) is 0. The fourth-order valence-corrected chi connectivity index (χ4v) is 3.65. The lowest BCUT2D eigenvalue weighted by Crippen LogP contribution is -2.38. The van der Waals surface area contributed by atoms with Crippen LogP contribution in [0.25, 0.3) is 0 Å². The Bertz CT molecular complexity index is 944. The highest BCUT2D eigenvalue weighted by atomic mass is 79.9. The van der Waals surface area contributed by atoms with Gasteiger partial charge in [0.1, 0.15) is 5.82 Å². The first-order chi connectivity index (χ1) is 13.8. The summed E-state index contributed by atoms with van der Waals surface area (Å²) in [5.74, 6) is 0.0107. The number of morpholine rings is 1. The molecule has 1 aliphatic heterocycles. The number of hydrogen-bond acceptors (Lipinski definition) is 5. The van der Waals surface area contributed by atoms with Gasteiger partial charge < -0.3 is 14.5 Å². The summed E-state index contributed by atoms with van der Waals surface area (Å²) < 4.78 is 20.0. The Kier molecular flexibility index (Phi) is 7.02. The number of carbonyl (C=O) groups is 1. The summed E-state index contributed by atoms with van der Waals surface area (Å²) in [6, 6.07) is 4.63. The van der Waals surface area contributed by atoms with Crippen molar-refractivity contribution in [3.63, 3.8) is 0 Å². The number of nitrogens with one attached hydrogen (secondary N) is 1. The predicted molar refractivity (Wildman–Crippen MR) is 112 cm³/mol. The van der Waals surface area contributed by atoms with Crippen LogP contribution in [-0.4, -0.2) is 54.1 Å². The van der Waals surface area contributed by atoms with Crippen LogP contribution in [0.5, 0.6) is 0 Å². The normalized spacial score (nSPS) is 14.1. The van der Waals surface area contributed by atoms with E-state index in [0.29, 0.717) is 49.1 Å². The third-order valence-corrected chi connectivity index (χ3v) is 5.44. The number of aromatic amines is 1. The number of nitrogens with zero attached hydrogens (tertiary/aromatic N) is 3. The van der Waals surface area contributed by atoms with Crippen LogP contribution in [0.2, 0.25) is 0 Å². The van der Waals surface area contributed by atoms with Crippen molar-refractivity contribution in [2.75, 3.05) is 38.3 Å². The van der Waals surface area contributed by atoms with E-state index in [1.165, 1.54) is 11.0 Å². The molecule has 1 fully saturated rings. The molecule has 29 heavy (non-hydrogen) atoms. The largest absolute Gasteiger partial charge is 0.378 e. The molecule has 0 radical (unpaired) electrons. The summed E-state index contributed by atoms with van der Waals surface area (Å²) in [7, 11) is 1.62. The lowest BCUT2D eigenvalue weighted by atomic mass is 10.1. The van der Waals surface area contributed by atoms with Gasteiger partial charge in [-0.15, -0.1) is 0 Å². The third-order valence-electron chi connectivity index (χ3n) is 4.95. The van der Waals surface area contributed by atoms with Crippen LogP contribution in [-0.2, 0) is 22.5 Å². The molecule has 1 aromatic carbocycles. The van der Waals surface area contributed by atoms with Gasteiger partial charge in [-0.2, -0.15) is 0 Å². The topological polar surface area (TPSA) is 78.5 Å². The first-order valence-electron chi connectivity index (χ1n) is 9.45. The number of ether oxygens (including phenoxy) is 1. The van der Waals surface area contributed by atoms with Crippen molar-refractivity contribution < 1.29 is 13.9 Å². The molecule has 1 saturated heterocycles.